The fourth-order valence-electron chi connectivity index (χ4n) is 3.03. The van der Waals surface area contributed by atoms with Gasteiger partial charge in [-0.25, -0.2) is 0 Å². The third-order valence-corrected chi connectivity index (χ3v) is 4.36. The van der Waals surface area contributed by atoms with Gasteiger partial charge in [-0.2, -0.15) is 0 Å². The number of carboxylic acid groups (broad SMARTS) is 1. The van der Waals surface area contributed by atoms with Gasteiger partial charge in [0.05, 0.1) is 11.8 Å². The number of carbonyl (C=O) groups is 2. The standard InChI is InChI=1S/C17H24N2O3/c1-19(13-7-3-2-4-8-13)12-11-18-16(20)14-9-5-6-10-15(14)17(21)22/h2-4,7-8,14-15H,5-6,9-12H2,1H3,(H,18,20)(H,21,22)/t14-,15+/m0/s1. The Labute approximate surface area is 131 Å². The molecule has 0 unspecified atom stereocenters. The van der Waals surface area contributed by atoms with Crippen molar-refractivity contribution in [1.29, 1.82) is 0 Å². The Kier molecular flexibility index (Phi) is 5.81. The van der Waals surface area contributed by atoms with Gasteiger partial charge < -0.3 is 15.3 Å². The van der Waals surface area contributed by atoms with Crippen LogP contribution in [-0.4, -0.2) is 37.1 Å². The summed E-state index contributed by atoms with van der Waals surface area (Å²) in [6, 6.07) is 9.95. The maximum Gasteiger partial charge on any atom is 0.307 e. The normalized spacial score (nSPS) is 21.1. The lowest BCUT2D eigenvalue weighted by Crippen LogP contribution is -2.42. The first-order valence-electron chi connectivity index (χ1n) is 7.86. The third-order valence-electron chi connectivity index (χ3n) is 4.36. The van der Waals surface area contributed by atoms with Gasteiger partial charge >= 0.3 is 5.97 Å². The van der Waals surface area contributed by atoms with Crippen molar-refractivity contribution < 1.29 is 14.7 Å². The van der Waals surface area contributed by atoms with Crippen LogP contribution in [0.15, 0.2) is 30.3 Å². The van der Waals surface area contributed by atoms with Crippen LogP contribution in [0.5, 0.6) is 0 Å². The van der Waals surface area contributed by atoms with Crippen LogP contribution in [-0.2, 0) is 9.59 Å². The number of aliphatic carboxylic acids is 1. The third kappa shape index (κ3) is 4.23. The number of likely N-dealkylation sites (N-methyl/N-ethyl adjacent to an activating group) is 1. The monoisotopic (exact) mass is 304 g/mol. The highest BCUT2D eigenvalue weighted by Gasteiger charge is 2.35. The highest BCUT2D eigenvalue weighted by molar-refractivity contribution is 5.84. The molecule has 5 nitrogen and oxygen atoms in total. The summed E-state index contributed by atoms with van der Waals surface area (Å²) in [7, 11) is 1.97. The van der Waals surface area contributed by atoms with E-state index in [0.717, 1.165) is 18.5 Å². The van der Waals surface area contributed by atoms with Gasteiger partial charge in [0, 0.05) is 25.8 Å². The van der Waals surface area contributed by atoms with E-state index >= 15 is 0 Å². The number of nitrogens with zero attached hydrogens (tertiary/aromatic N) is 1. The minimum atomic E-state index is -0.846. The summed E-state index contributed by atoms with van der Waals surface area (Å²) in [6.07, 6.45) is 3.12. The van der Waals surface area contributed by atoms with E-state index in [2.05, 4.69) is 10.2 Å². The number of nitrogens with one attached hydrogen (secondary N) is 1. The highest BCUT2D eigenvalue weighted by atomic mass is 16.4. The SMILES string of the molecule is CN(CCNC(=O)[C@H]1CCCC[C@H]1C(=O)O)c1ccccc1. The first-order valence-corrected chi connectivity index (χ1v) is 7.86. The van der Waals surface area contributed by atoms with Gasteiger partial charge in [-0.15, -0.1) is 0 Å². The van der Waals surface area contributed by atoms with Crippen LogP contribution >= 0.6 is 0 Å². The zero-order valence-corrected chi connectivity index (χ0v) is 13.0. The summed E-state index contributed by atoms with van der Waals surface area (Å²) in [4.78, 5) is 25.6. The molecule has 1 saturated carbocycles. The zero-order chi connectivity index (χ0) is 15.9. The van der Waals surface area contributed by atoms with E-state index in [1.165, 1.54) is 0 Å². The smallest absolute Gasteiger partial charge is 0.307 e. The van der Waals surface area contributed by atoms with E-state index < -0.39 is 11.9 Å². The second-order valence-electron chi connectivity index (χ2n) is 5.88. The fraction of sp³-hybridized carbons (Fsp3) is 0.529. The van der Waals surface area contributed by atoms with Crippen molar-refractivity contribution in [3.63, 3.8) is 0 Å². The number of hydrogen-bond acceptors (Lipinski definition) is 3. The van der Waals surface area contributed by atoms with Crippen LogP contribution in [0.25, 0.3) is 0 Å². The number of carbonyl (C=O) groups excluding carboxylic acids is 1. The first-order chi connectivity index (χ1) is 10.6. The maximum atomic E-state index is 12.2. The van der Waals surface area contributed by atoms with Crippen molar-refractivity contribution in [1.82, 2.24) is 5.32 Å². The minimum absolute atomic E-state index is 0.117. The lowest BCUT2D eigenvalue weighted by molar-refractivity contribution is -0.148. The molecule has 0 heterocycles. The Morgan fingerprint density at radius 3 is 2.45 bits per heavy atom. The molecule has 2 rings (SSSR count). The second-order valence-corrected chi connectivity index (χ2v) is 5.88. The number of para-hydroxylation sites is 1. The Bertz CT molecular complexity index is 504. The predicted molar refractivity (Wildman–Crippen MR) is 85.8 cm³/mol. The van der Waals surface area contributed by atoms with E-state index in [-0.39, 0.29) is 11.8 Å². The Morgan fingerprint density at radius 2 is 1.82 bits per heavy atom. The van der Waals surface area contributed by atoms with Gasteiger partial charge in [-0.1, -0.05) is 31.0 Å². The number of benzene rings is 1. The molecule has 1 aliphatic rings. The molecule has 1 amide bonds. The molecule has 1 aliphatic carbocycles. The predicted octanol–water partition coefficient (Wildman–Crippen LogP) is 2.13. The Balaban J connectivity index is 1.81. The second kappa shape index (κ2) is 7.82. The van der Waals surface area contributed by atoms with E-state index in [1.54, 1.807) is 0 Å². The van der Waals surface area contributed by atoms with Gasteiger partial charge in [0.25, 0.3) is 0 Å². The maximum absolute atomic E-state index is 12.2. The van der Waals surface area contributed by atoms with Crippen LogP contribution in [0.1, 0.15) is 25.7 Å². The molecule has 120 valence electrons. The number of carboxylic acids is 1. The summed E-state index contributed by atoms with van der Waals surface area (Å²) in [5.41, 5.74) is 1.10. The van der Waals surface area contributed by atoms with Crippen molar-refractivity contribution in [3.8, 4) is 0 Å². The molecular weight excluding hydrogens is 280 g/mol. The molecule has 0 bridgehead atoms. The van der Waals surface area contributed by atoms with E-state index in [1.807, 2.05) is 37.4 Å². The summed E-state index contributed by atoms with van der Waals surface area (Å²) in [5.74, 6) is -1.87. The molecule has 0 saturated heterocycles. The average Bonchev–Trinajstić information content (AvgIpc) is 2.55. The van der Waals surface area contributed by atoms with Gasteiger partial charge in [0.1, 0.15) is 0 Å². The lowest BCUT2D eigenvalue weighted by atomic mass is 9.79. The van der Waals surface area contributed by atoms with Crippen LogP contribution in [0, 0.1) is 11.8 Å². The molecule has 1 aromatic carbocycles. The van der Waals surface area contributed by atoms with Crippen molar-refractivity contribution in [3.05, 3.63) is 30.3 Å². The minimum Gasteiger partial charge on any atom is -0.481 e. The van der Waals surface area contributed by atoms with Crippen molar-refractivity contribution in [2.45, 2.75) is 25.7 Å². The van der Waals surface area contributed by atoms with Crippen molar-refractivity contribution in [2.24, 2.45) is 11.8 Å². The summed E-state index contributed by atoms with van der Waals surface area (Å²) < 4.78 is 0. The molecular formula is C17H24N2O3. The summed E-state index contributed by atoms with van der Waals surface area (Å²) in [6.45, 7) is 1.22. The lowest BCUT2D eigenvalue weighted by Gasteiger charge is -2.28. The fourth-order valence-corrected chi connectivity index (χ4v) is 3.03. The molecule has 0 aliphatic heterocycles. The summed E-state index contributed by atoms with van der Waals surface area (Å²) >= 11 is 0. The zero-order valence-electron chi connectivity index (χ0n) is 13.0. The topological polar surface area (TPSA) is 69.6 Å². The molecule has 0 aromatic heterocycles. The molecule has 22 heavy (non-hydrogen) atoms. The molecule has 5 heteroatoms. The molecule has 1 fully saturated rings. The van der Waals surface area contributed by atoms with E-state index in [4.69, 9.17) is 0 Å². The number of rotatable bonds is 6. The quantitative estimate of drug-likeness (QED) is 0.844. The molecule has 0 radical (unpaired) electrons. The van der Waals surface area contributed by atoms with Gasteiger partial charge in [-0.05, 0) is 25.0 Å². The molecule has 1 aromatic rings. The van der Waals surface area contributed by atoms with Gasteiger partial charge in [0.2, 0.25) is 5.91 Å². The van der Waals surface area contributed by atoms with Gasteiger partial charge in [-0.3, -0.25) is 9.59 Å². The molecule has 0 spiro atoms. The van der Waals surface area contributed by atoms with E-state index in [0.29, 0.717) is 25.9 Å². The number of anilines is 1. The van der Waals surface area contributed by atoms with Crippen LogP contribution in [0.4, 0.5) is 5.69 Å². The largest absolute Gasteiger partial charge is 0.481 e. The number of amides is 1. The Morgan fingerprint density at radius 1 is 1.18 bits per heavy atom. The first kappa shape index (κ1) is 16.3. The summed E-state index contributed by atoms with van der Waals surface area (Å²) in [5, 5.41) is 12.1. The van der Waals surface area contributed by atoms with Gasteiger partial charge in [0.15, 0.2) is 0 Å². The molecule has 2 atom stereocenters. The van der Waals surface area contributed by atoms with Crippen molar-refractivity contribution in [2.75, 3.05) is 25.0 Å². The average molecular weight is 304 g/mol. The Hall–Kier alpha value is -2.04. The highest BCUT2D eigenvalue weighted by Crippen LogP contribution is 2.30. The van der Waals surface area contributed by atoms with Crippen molar-refractivity contribution >= 4 is 17.6 Å². The molecule has 2 N–H and O–H groups in total. The van der Waals surface area contributed by atoms with E-state index in [9.17, 15) is 14.7 Å². The van der Waals surface area contributed by atoms with Crippen LogP contribution in [0.3, 0.4) is 0 Å². The number of hydrogen-bond donors (Lipinski definition) is 2. The van der Waals surface area contributed by atoms with Crippen LogP contribution in [0.2, 0.25) is 0 Å². The van der Waals surface area contributed by atoms with Crippen LogP contribution < -0.4 is 10.2 Å².